The molecule has 0 unspecified atom stereocenters. The fourth-order valence-corrected chi connectivity index (χ4v) is 3.44. The summed E-state index contributed by atoms with van der Waals surface area (Å²) in [7, 11) is 0. The molecule has 0 saturated carbocycles. The van der Waals surface area contributed by atoms with E-state index in [1.165, 1.54) is 36.6 Å². The van der Waals surface area contributed by atoms with Crippen LogP contribution in [0.3, 0.4) is 0 Å². The normalized spacial score (nSPS) is 11.7. The lowest BCUT2D eigenvalue weighted by Gasteiger charge is -2.22. The maximum atomic E-state index is 14.1. The molecule has 0 fully saturated rings. The average molecular weight is 443 g/mol. The minimum absolute atomic E-state index is 0.00705. The Kier molecular flexibility index (Phi) is 8.10. The van der Waals surface area contributed by atoms with Crippen molar-refractivity contribution in [3.8, 4) is 0 Å². The van der Waals surface area contributed by atoms with Crippen LogP contribution in [-0.2, 0) is 9.59 Å². The minimum atomic E-state index is -4.49. The predicted octanol–water partition coefficient (Wildman–Crippen LogP) is 5.17. The highest BCUT2D eigenvalue weighted by atomic mass is 32.1. The van der Waals surface area contributed by atoms with E-state index in [1.807, 2.05) is 6.92 Å². The van der Waals surface area contributed by atoms with Gasteiger partial charge in [-0.05, 0) is 24.6 Å². The van der Waals surface area contributed by atoms with Crippen LogP contribution in [0.4, 0.5) is 28.4 Å². The summed E-state index contributed by atoms with van der Waals surface area (Å²) in [4.78, 5) is 30.3. The van der Waals surface area contributed by atoms with Crippen molar-refractivity contribution in [3.05, 3.63) is 47.2 Å². The number of aromatic nitrogens is 1. The molecular formula is C20H21F4N3O2S. The van der Waals surface area contributed by atoms with Crippen molar-refractivity contribution in [3.63, 3.8) is 0 Å². The average Bonchev–Trinajstić information content (AvgIpc) is 3.12. The molecule has 162 valence electrons. The standard InChI is InChI=1S/C20H21F4N3O2S/c1-3-4-11-26(13-20(22,23)24)18(29)10-9-15-12-30-19(25-15)27(14(2)28)17-8-6-5-7-16(17)21/h5-10,12H,3-4,11,13H2,1-2H3/b10-9+. The zero-order valence-electron chi connectivity index (χ0n) is 16.4. The molecule has 1 aromatic carbocycles. The van der Waals surface area contributed by atoms with Crippen molar-refractivity contribution < 1.29 is 27.2 Å². The van der Waals surface area contributed by atoms with Crippen molar-refractivity contribution in [1.82, 2.24) is 9.88 Å². The summed E-state index contributed by atoms with van der Waals surface area (Å²) in [5.41, 5.74) is 0.301. The Hall–Kier alpha value is -2.75. The first-order valence-corrected chi connectivity index (χ1v) is 10.0. The summed E-state index contributed by atoms with van der Waals surface area (Å²) < 4.78 is 52.3. The van der Waals surface area contributed by atoms with E-state index in [0.29, 0.717) is 12.8 Å². The molecule has 0 radical (unpaired) electrons. The third kappa shape index (κ3) is 6.65. The molecular weight excluding hydrogens is 422 g/mol. The summed E-state index contributed by atoms with van der Waals surface area (Å²) in [5.74, 6) is -1.85. The number of thiazole rings is 1. The summed E-state index contributed by atoms with van der Waals surface area (Å²) in [6, 6.07) is 5.71. The monoisotopic (exact) mass is 443 g/mol. The van der Waals surface area contributed by atoms with Crippen LogP contribution in [0.25, 0.3) is 6.08 Å². The number of rotatable bonds is 8. The van der Waals surface area contributed by atoms with Crippen LogP contribution in [0, 0.1) is 5.82 Å². The van der Waals surface area contributed by atoms with Gasteiger partial charge in [0.2, 0.25) is 11.8 Å². The first-order valence-electron chi connectivity index (χ1n) is 9.17. The van der Waals surface area contributed by atoms with Crippen molar-refractivity contribution in [1.29, 1.82) is 0 Å². The Balaban J connectivity index is 2.20. The fourth-order valence-electron chi connectivity index (χ4n) is 2.59. The molecule has 0 aliphatic carbocycles. The number of para-hydroxylation sites is 1. The number of halogens is 4. The molecule has 2 amide bonds. The Labute approximate surface area is 175 Å². The fraction of sp³-hybridized carbons (Fsp3) is 0.350. The molecule has 0 atom stereocenters. The third-order valence-corrected chi connectivity index (χ3v) is 4.81. The van der Waals surface area contributed by atoms with Gasteiger partial charge in [0.1, 0.15) is 12.4 Å². The summed E-state index contributed by atoms with van der Waals surface area (Å²) in [6.07, 6.45) is -1.10. The van der Waals surface area contributed by atoms with E-state index in [0.717, 1.165) is 27.2 Å². The molecule has 1 heterocycles. The quantitative estimate of drug-likeness (QED) is 0.418. The molecule has 0 aliphatic rings. The second kappa shape index (κ2) is 10.3. The zero-order valence-corrected chi connectivity index (χ0v) is 17.3. The number of benzene rings is 1. The van der Waals surface area contributed by atoms with Gasteiger partial charge in [-0.25, -0.2) is 9.37 Å². The Morgan fingerprint density at radius 2 is 1.93 bits per heavy atom. The van der Waals surface area contributed by atoms with Crippen molar-refractivity contribution in [2.24, 2.45) is 0 Å². The van der Waals surface area contributed by atoms with E-state index in [1.54, 1.807) is 6.07 Å². The van der Waals surface area contributed by atoms with E-state index in [4.69, 9.17) is 0 Å². The van der Waals surface area contributed by atoms with Crippen molar-refractivity contribution in [2.75, 3.05) is 18.0 Å². The number of carbonyl (C=O) groups excluding carboxylic acids is 2. The summed E-state index contributed by atoms with van der Waals surface area (Å²) in [5, 5.41) is 1.70. The first-order chi connectivity index (χ1) is 14.1. The van der Waals surface area contributed by atoms with Crippen LogP contribution >= 0.6 is 11.3 Å². The molecule has 0 N–H and O–H groups in total. The van der Waals surface area contributed by atoms with Crippen molar-refractivity contribution >= 4 is 40.0 Å². The SMILES string of the molecule is CCCCN(CC(F)(F)F)C(=O)/C=C/c1csc(N(C(C)=O)c2ccccc2F)n1. The van der Waals surface area contributed by atoms with Gasteiger partial charge < -0.3 is 4.90 Å². The highest BCUT2D eigenvalue weighted by Gasteiger charge is 2.32. The Morgan fingerprint density at radius 1 is 1.23 bits per heavy atom. The number of alkyl halides is 3. The van der Waals surface area contributed by atoms with Gasteiger partial charge in [-0.15, -0.1) is 11.3 Å². The second-order valence-electron chi connectivity index (χ2n) is 6.42. The van der Waals surface area contributed by atoms with E-state index in [9.17, 15) is 27.2 Å². The van der Waals surface area contributed by atoms with Crippen LogP contribution in [0.2, 0.25) is 0 Å². The van der Waals surface area contributed by atoms with Crippen LogP contribution in [0.15, 0.2) is 35.7 Å². The van der Waals surface area contributed by atoms with Gasteiger partial charge in [0, 0.05) is 24.9 Å². The molecule has 0 saturated heterocycles. The summed E-state index contributed by atoms with van der Waals surface area (Å²) in [6.45, 7) is 1.74. The molecule has 0 spiro atoms. The topological polar surface area (TPSA) is 53.5 Å². The van der Waals surface area contributed by atoms with Gasteiger partial charge in [0.15, 0.2) is 5.13 Å². The van der Waals surface area contributed by atoms with Crippen LogP contribution in [0.1, 0.15) is 32.4 Å². The van der Waals surface area contributed by atoms with E-state index < -0.39 is 30.4 Å². The molecule has 0 aliphatic heterocycles. The molecule has 2 rings (SSSR count). The number of unbranched alkanes of at least 4 members (excludes halogenated alkanes) is 1. The highest BCUT2D eigenvalue weighted by molar-refractivity contribution is 7.14. The largest absolute Gasteiger partial charge is 0.406 e. The number of hydrogen-bond donors (Lipinski definition) is 0. The lowest BCUT2D eigenvalue weighted by molar-refractivity contribution is -0.158. The highest BCUT2D eigenvalue weighted by Crippen LogP contribution is 2.31. The van der Waals surface area contributed by atoms with Gasteiger partial charge in [-0.2, -0.15) is 13.2 Å². The van der Waals surface area contributed by atoms with Gasteiger partial charge in [-0.3, -0.25) is 14.5 Å². The number of anilines is 2. The Morgan fingerprint density at radius 3 is 2.53 bits per heavy atom. The van der Waals surface area contributed by atoms with E-state index in [2.05, 4.69) is 4.98 Å². The first kappa shape index (κ1) is 23.5. The maximum absolute atomic E-state index is 14.1. The molecule has 30 heavy (non-hydrogen) atoms. The van der Waals surface area contributed by atoms with Crippen LogP contribution < -0.4 is 4.90 Å². The minimum Gasteiger partial charge on any atom is -0.330 e. The van der Waals surface area contributed by atoms with E-state index >= 15 is 0 Å². The number of amides is 2. The van der Waals surface area contributed by atoms with Crippen LogP contribution in [0.5, 0.6) is 0 Å². The van der Waals surface area contributed by atoms with Gasteiger partial charge in [0.05, 0.1) is 11.4 Å². The van der Waals surface area contributed by atoms with E-state index in [-0.39, 0.29) is 23.1 Å². The van der Waals surface area contributed by atoms with Gasteiger partial charge in [0.25, 0.3) is 0 Å². The van der Waals surface area contributed by atoms with Gasteiger partial charge in [-0.1, -0.05) is 25.5 Å². The lowest BCUT2D eigenvalue weighted by atomic mass is 10.3. The lowest BCUT2D eigenvalue weighted by Crippen LogP contribution is -2.38. The van der Waals surface area contributed by atoms with Crippen LogP contribution in [-0.4, -0.2) is 41.0 Å². The smallest absolute Gasteiger partial charge is 0.330 e. The predicted molar refractivity (Wildman–Crippen MR) is 108 cm³/mol. The molecule has 10 heteroatoms. The maximum Gasteiger partial charge on any atom is 0.406 e. The Bertz CT molecular complexity index is 911. The van der Waals surface area contributed by atoms with Crippen molar-refractivity contribution in [2.45, 2.75) is 32.9 Å². The third-order valence-electron chi connectivity index (χ3n) is 3.97. The molecule has 0 bridgehead atoms. The molecule has 1 aromatic heterocycles. The summed E-state index contributed by atoms with van der Waals surface area (Å²) >= 11 is 1.04. The number of nitrogens with zero attached hydrogens (tertiary/aromatic N) is 3. The second-order valence-corrected chi connectivity index (χ2v) is 7.26. The molecule has 5 nitrogen and oxygen atoms in total. The number of hydrogen-bond acceptors (Lipinski definition) is 4. The number of carbonyl (C=O) groups is 2. The van der Waals surface area contributed by atoms with Gasteiger partial charge >= 0.3 is 6.18 Å². The molecule has 2 aromatic rings. The zero-order chi connectivity index (χ0) is 22.3.